The summed E-state index contributed by atoms with van der Waals surface area (Å²) in [7, 11) is -3.42. The van der Waals surface area contributed by atoms with E-state index in [1.165, 1.54) is 12.1 Å². The van der Waals surface area contributed by atoms with Crippen LogP contribution in [0, 0.1) is 12.7 Å². The first-order valence-corrected chi connectivity index (χ1v) is 11.7. The summed E-state index contributed by atoms with van der Waals surface area (Å²) < 4.78 is 37.7. The minimum Gasteiger partial charge on any atom is -0.410 e. The number of benzene rings is 2. The highest BCUT2D eigenvalue weighted by Crippen LogP contribution is 2.56. The van der Waals surface area contributed by atoms with E-state index in [1.807, 2.05) is 41.9 Å². The van der Waals surface area contributed by atoms with Gasteiger partial charge < -0.3 is 4.52 Å². The second-order valence-corrected chi connectivity index (χ2v) is 9.79. The van der Waals surface area contributed by atoms with Crippen LogP contribution in [0.4, 0.5) is 10.2 Å². The highest BCUT2D eigenvalue weighted by molar-refractivity contribution is 7.65. The Balaban J connectivity index is 1.72. The summed E-state index contributed by atoms with van der Waals surface area (Å²) in [5.41, 5.74) is 2.05. The van der Waals surface area contributed by atoms with Gasteiger partial charge in [-0.05, 0) is 56.2 Å². The number of aromatic nitrogens is 2. The molecule has 1 aromatic heterocycles. The van der Waals surface area contributed by atoms with Crippen LogP contribution in [0.3, 0.4) is 0 Å². The second-order valence-electron chi connectivity index (χ2n) is 7.55. The molecule has 0 N–H and O–H groups in total. The van der Waals surface area contributed by atoms with E-state index in [9.17, 15) is 8.96 Å². The van der Waals surface area contributed by atoms with Gasteiger partial charge in [-0.25, -0.2) is 13.7 Å². The minimum atomic E-state index is -3.42. The molecule has 0 amide bonds. The molecule has 0 bridgehead atoms. The molecule has 0 radical (unpaired) electrons. The predicted molar refractivity (Wildman–Crippen MR) is 115 cm³/mol. The van der Waals surface area contributed by atoms with Crippen LogP contribution in [0.1, 0.15) is 30.5 Å². The van der Waals surface area contributed by atoms with E-state index >= 15 is 0 Å². The fourth-order valence-corrected chi connectivity index (χ4v) is 6.55. The maximum Gasteiger partial charge on any atom is 0.356 e. The Morgan fingerprint density at radius 2 is 1.70 bits per heavy atom. The summed E-state index contributed by atoms with van der Waals surface area (Å²) in [6, 6.07) is 15.5. The molecule has 1 unspecified atom stereocenters. The van der Waals surface area contributed by atoms with E-state index < -0.39 is 7.52 Å². The normalized spacial score (nSPS) is 21.6. The molecule has 5 rings (SSSR count). The van der Waals surface area contributed by atoms with Crippen molar-refractivity contribution in [2.45, 2.75) is 26.2 Å². The monoisotopic (exact) mass is 424 g/mol. The number of rotatable bonds is 3. The Morgan fingerprint density at radius 1 is 1.00 bits per heavy atom. The molecule has 2 aromatic carbocycles. The van der Waals surface area contributed by atoms with Gasteiger partial charge in [0.15, 0.2) is 5.82 Å². The molecule has 3 aromatic rings. The van der Waals surface area contributed by atoms with Crippen molar-refractivity contribution in [1.29, 1.82) is 0 Å². The molecular weight excluding hydrogens is 402 g/mol. The van der Waals surface area contributed by atoms with Gasteiger partial charge in [0.2, 0.25) is 5.90 Å². The largest absolute Gasteiger partial charge is 0.410 e. The number of nitrogens with zero attached hydrogens (tertiary/aromatic N) is 4. The van der Waals surface area contributed by atoms with Crippen molar-refractivity contribution < 1.29 is 13.5 Å². The Kier molecular flexibility index (Phi) is 4.80. The Bertz CT molecular complexity index is 1150. The molecule has 3 heterocycles. The third-order valence-corrected chi connectivity index (χ3v) is 8.16. The Morgan fingerprint density at radius 3 is 2.40 bits per heavy atom. The van der Waals surface area contributed by atoms with E-state index in [0.717, 1.165) is 24.9 Å². The fraction of sp³-hybridized carbons (Fsp3) is 0.273. The first-order chi connectivity index (χ1) is 14.6. The predicted octanol–water partition coefficient (Wildman–Crippen LogP) is 4.73. The van der Waals surface area contributed by atoms with Gasteiger partial charge in [0, 0.05) is 18.7 Å². The maximum atomic E-state index is 14.4. The van der Waals surface area contributed by atoms with Gasteiger partial charge in [0.1, 0.15) is 11.1 Å². The van der Waals surface area contributed by atoms with Crippen molar-refractivity contribution in [1.82, 2.24) is 14.5 Å². The van der Waals surface area contributed by atoms with E-state index in [0.29, 0.717) is 35.5 Å². The molecule has 154 valence electrons. The SMILES string of the molecule is Cc1nn(-c2ccccc2)c2c1P(=O)(N1CCCCC1)OC(c1ccc(F)cc1)=N2. The van der Waals surface area contributed by atoms with Crippen LogP contribution in [0.2, 0.25) is 0 Å². The van der Waals surface area contributed by atoms with Crippen molar-refractivity contribution in [2.24, 2.45) is 4.99 Å². The van der Waals surface area contributed by atoms with Crippen LogP contribution in [0.5, 0.6) is 0 Å². The van der Waals surface area contributed by atoms with Crippen molar-refractivity contribution in [3.05, 3.63) is 71.7 Å². The molecule has 6 nitrogen and oxygen atoms in total. The average Bonchev–Trinajstić information content (AvgIpc) is 3.12. The van der Waals surface area contributed by atoms with Crippen LogP contribution in [0.25, 0.3) is 5.69 Å². The number of aliphatic imine (C=N–C) groups is 1. The van der Waals surface area contributed by atoms with Crippen LogP contribution >= 0.6 is 7.52 Å². The summed E-state index contributed by atoms with van der Waals surface area (Å²) >= 11 is 0. The molecule has 2 aliphatic heterocycles. The van der Waals surface area contributed by atoms with Crippen molar-refractivity contribution >= 4 is 24.5 Å². The standard InChI is InChI=1S/C22H22FN4O2P/c1-16-20-21(27(25-16)19-8-4-2-5-9-19)24-22(17-10-12-18(23)13-11-17)29-30(20,28)26-14-6-3-7-15-26/h2,4-5,8-13H,3,6-7,14-15H2,1H3. The summed E-state index contributed by atoms with van der Waals surface area (Å²) in [6.07, 6.45) is 3.06. The van der Waals surface area contributed by atoms with Gasteiger partial charge in [0.05, 0.1) is 11.4 Å². The molecule has 1 atom stereocenters. The summed E-state index contributed by atoms with van der Waals surface area (Å²) in [4.78, 5) is 4.71. The molecular formula is C22H22FN4O2P. The summed E-state index contributed by atoms with van der Waals surface area (Å²) in [6.45, 7) is 3.24. The first kappa shape index (κ1) is 19.2. The van der Waals surface area contributed by atoms with Gasteiger partial charge in [-0.3, -0.25) is 4.57 Å². The third-order valence-electron chi connectivity index (χ3n) is 5.50. The lowest BCUT2D eigenvalue weighted by molar-refractivity contribution is 0.311. The number of halogens is 1. The number of para-hydroxylation sites is 1. The van der Waals surface area contributed by atoms with Gasteiger partial charge >= 0.3 is 7.52 Å². The van der Waals surface area contributed by atoms with Crippen molar-refractivity contribution in [2.75, 3.05) is 13.1 Å². The van der Waals surface area contributed by atoms with Crippen molar-refractivity contribution in [3.8, 4) is 5.69 Å². The van der Waals surface area contributed by atoms with E-state index in [-0.39, 0.29) is 11.7 Å². The molecule has 2 aliphatic rings. The summed E-state index contributed by atoms with van der Waals surface area (Å²) in [5.74, 6) is 0.395. The second kappa shape index (κ2) is 7.49. The average molecular weight is 424 g/mol. The van der Waals surface area contributed by atoms with E-state index in [1.54, 1.807) is 16.8 Å². The smallest absolute Gasteiger partial charge is 0.356 e. The minimum absolute atomic E-state index is 0.230. The molecule has 0 aliphatic carbocycles. The fourth-order valence-electron chi connectivity index (χ4n) is 4.02. The van der Waals surface area contributed by atoms with Gasteiger partial charge in [-0.15, -0.1) is 0 Å². The van der Waals surface area contributed by atoms with Crippen LogP contribution in [0.15, 0.2) is 59.6 Å². The number of aryl methyl sites for hydroxylation is 1. The molecule has 30 heavy (non-hydrogen) atoms. The van der Waals surface area contributed by atoms with Crippen LogP contribution in [-0.2, 0) is 9.09 Å². The molecule has 1 fully saturated rings. The van der Waals surface area contributed by atoms with Gasteiger partial charge in [-0.1, -0.05) is 24.6 Å². The number of hydrogen-bond donors (Lipinski definition) is 0. The number of fused-ring (bicyclic) bond motifs is 1. The Labute approximate surface area is 174 Å². The van der Waals surface area contributed by atoms with E-state index in [4.69, 9.17) is 9.52 Å². The zero-order chi connectivity index (χ0) is 20.7. The molecule has 1 saturated heterocycles. The maximum absolute atomic E-state index is 14.4. The lowest BCUT2D eigenvalue weighted by Gasteiger charge is -2.35. The zero-order valence-corrected chi connectivity index (χ0v) is 17.6. The lowest BCUT2D eigenvalue weighted by Crippen LogP contribution is -2.35. The van der Waals surface area contributed by atoms with Crippen LogP contribution in [-0.4, -0.2) is 33.4 Å². The lowest BCUT2D eigenvalue weighted by atomic mass is 10.2. The third kappa shape index (κ3) is 3.18. The van der Waals surface area contributed by atoms with E-state index in [2.05, 4.69) is 5.10 Å². The molecule has 0 spiro atoms. The first-order valence-electron chi connectivity index (χ1n) is 10.1. The highest BCUT2D eigenvalue weighted by atomic mass is 31.2. The number of hydrogen-bond acceptors (Lipinski definition) is 4. The van der Waals surface area contributed by atoms with Crippen LogP contribution < -0.4 is 5.30 Å². The highest BCUT2D eigenvalue weighted by Gasteiger charge is 2.45. The van der Waals surface area contributed by atoms with Crippen molar-refractivity contribution in [3.63, 3.8) is 0 Å². The van der Waals surface area contributed by atoms with Gasteiger partial charge in [-0.2, -0.15) is 10.1 Å². The topological polar surface area (TPSA) is 59.7 Å². The zero-order valence-electron chi connectivity index (χ0n) is 16.7. The summed E-state index contributed by atoms with van der Waals surface area (Å²) in [5, 5.41) is 5.22. The number of piperidine rings is 1. The molecule has 8 heteroatoms. The molecule has 0 saturated carbocycles. The van der Waals surface area contributed by atoms with Gasteiger partial charge in [0.25, 0.3) is 0 Å². The quantitative estimate of drug-likeness (QED) is 0.571. The Hall–Kier alpha value is -2.76.